The summed E-state index contributed by atoms with van der Waals surface area (Å²) in [6.07, 6.45) is 2.97. The maximum atomic E-state index is 10.9. The van der Waals surface area contributed by atoms with E-state index in [1.807, 2.05) is 7.05 Å². The molecule has 5 heteroatoms. The first kappa shape index (κ1) is 13.4. The molecule has 1 saturated heterocycles. The van der Waals surface area contributed by atoms with Crippen LogP contribution in [0.1, 0.15) is 19.3 Å². The van der Waals surface area contributed by atoms with Crippen LogP contribution in [0.2, 0.25) is 0 Å². The van der Waals surface area contributed by atoms with E-state index >= 15 is 0 Å². The Hall–Kier alpha value is -0.650. The van der Waals surface area contributed by atoms with E-state index in [-0.39, 0.29) is 12.5 Å². The number of nitrogens with one attached hydrogen (secondary N) is 1. The second-order valence-electron chi connectivity index (χ2n) is 4.61. The predicted octanol–water partition coefficient (Wildman–Crippen LogP) is -0.846. The summed E-state index contributed by atoms with van der Waals surface area (Å²) >= 11 is 0. The molecule has 0 radical (unpaired) electrons. The van der Waals surface area contributed by atoms with Crippen LogP contribution >= 0.6 is 0 Å². The zero-order valence-corrected chi connectivity index (χ0v) is 9.98. The fraction of sp³-hybridized carbons (Fsp3) is 0.909. The number of carbonyl (C=O) groups excluding carboxylic acids is 1. The Bertz CT molecular complexity index is 223. The Kier molecular flexibility index (Phi) is 5.73. The van der Waals surface area contributed by atoms with Crippen molar-refractivity contribution in [1.82, 2.24) is 10.2 Å². The van der Waals surface area contributed by atoms with Crippen LogP contribution < -0.4 is 11.1 Å². The molecule has 4 N–H and O–H groups in total. The molecule has 0 spiro atoms. The molecule has 0 aromatic rings. The van der Waals surface area contributed by atoms with Crippen molar-refractivity contribution >= 4 is 5.91 Å². The van der Waals surface area contributed by atoms with Crippen LogP contribution in [0.5, 0.6) is 0 Å². The van der Waals surface area contributed by atoms with Crippen LogP contribution in [-0.2, 0) is 4.79 Å². The Morgan fingerprint density at radius 2 is 2.31 bits per heavy atom. The molecule has 1 fully saturated rings. The van der Waals surface area contributed by atoms with Crippen LogP contribution in [0.15, 0.2) is 0 Å². The van der Waals surface area contributed by atoms with Gasteiger partial charge in [0.15, 0.2) is 0 Å². The number of likely N-dealkylation sites (tertiary alicyclic amines) is 1. The molecule has 16 heavy (non-hydrogen) atoms. The van der Waals surface area contributed by atoms with Gasteiger partial charge in [-0.15, -0.1) is 0 Å². The molecule has 0 bridgehead atoms. The third kappa shape index (κ3) is 4.47. The smallest absolute Gasteiger partial charge is 0.231 e. The number of piperidine rings is 1. The summed E-state index contributed by atoms with van der Waals surface area (Å²) in [4.78, 5) is 13.0. The summed E-state index contributed by atoms with van der Waals surface area (Å²) in [6.45, 7) is 2.39. The quantitative estimate of drug-likeness (QED) is 0.554. The Labute approximate surface area is 97.0 Å². The lowest BCUT2D eigenvalue weighted by Crippen LogP contribution is -2.50. The fourth-order valence-electron chi connectivity index (χ4n) is 2.45. The molecule has 0 aliphatic carbocycles. The maximum Gasteiger partial charge on any atom is 0.231 e. The minimum atomic E-state index is -0.266. The molecular formula is C11H23N3O2. The number of carbonyl (C=O) groups is 1. The molecule has 0 saturated carbocycles. The van der Waals surface area contributed by atoms with E-state index in [9.17, 15) is 4.79 Å². The van der Waals surface area contributed by atoms with E-state index in [1.165, 1.54) is 0 Å². The van der Waals surface area contributed by atoms with Gasteiger partial charge < -0.3 is 16.2 Å². The van der Waals surface area contributed by atoms with Gasteiger partial charge in [-0.2, -0.15) is 0 Å². The van der Waals surface area contributed by atoms with Crippen molar-refractivity contribution in [3.8, 4) is 0 Å². The maximum absolute atomic E-state index is 10.9. The predicted molar refractivity (Wildman–Crippen MR) is 62.9 cm³/mol. The first-order valence-corrected chi connectivity index (χ1v) is 5.94. The number of likely N-dealkylation sites (N-methyl/N-ethyl adjacent to an activating group) is 1. The lowest BCUT2D eigenvalue weighted by atomic mass is 9.90. The summed E-state index contributed by atoms with van der Waals surface area (Å²) in [5.74, 6) is 0.287. The Morgan fingerprint density at radius 1 is 1.56 bits per heavy atom. The summed E-state index contributed by atoms with van der Waals surface area (Å²) in [5.41, 5.74) is 5.21. The van der Waals surface area contributed by atoms with E-state index < -0.39 is 0 Å². The van der Waals surface area contributed by atoms with Crippen molar-refractivity contribution in [2.75, 3.05) is 33.3 Å². The number of aliphatic hydroxyl groups excluding tert-OH is 1. The van der Waals surface area contributed by atoms with Gasteiger partial charge in [-0.3, -0.25) is 9.69 Å². The molecule has 1 aliphatic heterocycles. The number of primary amides is 1. The van der Waals surface area contributed by atoms with Gasteiger partial charge in [0, 0.05) is 25.7 Å². The van der Waals surface area contributed by atoms with Crippen molar-refractivity contribution in [1.29, 1.82) is 0 Å². The molecule has 94 valence electrons. The molecule has 2 atom stereocenters. The molecule has 1 heterocycles. The summed E-state index contributed by atoms with van der Waals surface area (Å²) in [5, 5.41) is 12.1. The minimum Gasteiger partial charge on any atom is -0.396 e. The average molecular weight is 229 g/mol. The topological polar surface area (TPSA) is 78.6 Å². The number of amides is 1. The first-order valence-electron chi connectivity index (χ1n) is 5.94. The van der Waals surface area contributed by atoms with Gasteiger partial charge in [-0.1, -0.05) is 0 Å². The van der Waals surface area contributed by atoms with E-state index in [2.05, 4.69) is 10.2 Å². The average Bonchev–Trinajstić information content (AvgIpc) is 2.25. The highest BCUT2D eigenvalue weighted by Crippen LogP contribution is 2.20. The fourth-order valence-corrected chi connectivity index (χ4v) is 2.45. The van der Waals surface area contributed by atoms with E-state index in [0.717, 1.165) is 32.4 Å². The summed E-state index contributed by atoms with van der Waals surface area (Å²) < 4.78 is 0. The molecule has 0 aromatic carbocycles. The highest BCUT2D eigenvalue weighted by molar-refractivity contribution is 5.75. The number of hydrogen-bond acceptors (Lipinski definition) is 4. The van der Waals surface area contributed by atoms with Crippen LogP contribution in [0.4, 0.5) is 0 Å². The van der Waals surface area contributed by atoms with Crippen molar-refractivity contribution in [2.24, 2.45) is 11.7 Å². The van der Waals surface area contributed by atoms with Crippen LogP contribution in [0.3, 0.4) is 0 Å². The molecule has 5 nitrogen and oxygen atoms in total. The Morgan fingerprint density at radius 3 is 2.88 bits per heavy atom. The molecular weight excluding hydrogens is 206 g/mol. The van der Waals surface area contributed by atoms with Gasteiger partial charge in [-0.05, 0) is 32.2 Å². The first-order chi connectivity index (χ1) is 7.65. The lowest BCUT2D eigenvalue weighted by molar-refractivity contribution is -0.119. The highest BCUT2D eigenvalue weighted by Gasteiger charge is 2.26. The van der Waals surface area contributed by atoms with Crippen molar-refractivity contribution < 1.29 is 9.90 Å². The number of nitrogens with zero attached hydrogens (tertiary/aromatic N) is 1. The van der Waals surface area contributed by atoms with Gasteiger partial charge >= 0.3 is 0 Å². The summed E-state index contributed by atoms with van der Waals surface area (Å²) in [6, 6.07) is 0.428. The molecule has 1 aliphatic rings. The minimum absolute atomic E-state index is 0.247. The lowest BCUT2D eigenvalue weighted by Gasteiger charge is -2.37. The Balaban J connectivity index is 2.43. The molecule has 1 rings (SSSR count). The zero-order chi connectivity index (χ0) is 12.0. The largest absolute Gasteiger partial charge is 0.396 e. The van der Waals surface area contributed by atoms with Gasteiger partial charge in [0.1, 0.15) is 0 Å². The molecule has 0 aromatic heterocycles. The number of hydrogen-bond donors (Lipinski definition) is 3. The van der Waals surface area contributed by atoms with Crippen molar-refractivity contribution in [2.45, 2.75) is 25.3 Å². The highest BCUT2D eigenvalue weighted by atomic mass is 16.2. The van der Waals surface area contributed by atoms with Crippen molar-refractivity contribution in [3.05, 3.63) is 0 Å². The van der Waals surface area contributed by atoms with Crippen LogP contribution in [0, 0.1) is 5.92 Å². The summed E-state index contributed by atoms with van der Waals surface area (Å²) in [7, 11) is 1.95. The molecule has 1 amide bonds. The third-order valence-corrected chi connectivity index (χ3v) is 3.17. The number of nitrogens with two attached hydrogens (primary N) is 1. The van der Waals surface area contributed by atoms with E-state index in [0.29, 0.717) is 18.5 Å². The monoisotopic (exact) mass is 229 g/mol. The van der Waals surface area contributed by atoms with Gasteiger partial charge in [0.2, 0.25) is 5.91 Å². The number of aliphatic hydroxyl groups is 1. The van der Waals surface area contributed by atoms with E-state index in [1.54, 1.807) is 0 Å². The van der Waals surface area contributed by atoms with Gasteiger partial charge in [0.25, 0.3) is 0 Å². The third-order valence-electron chi connectivity index (χ3n) is 3.17. The van der Waals surface area contributed by atoms with E-state index in [4.69, 9.17) is 10.8 Å². The van der Waals surface area contributed by atoms with Crippen LogP contribution in [0.25, 0.3) is 0 Å². The second kappa shape index (κ2) is 6.83. The van der Waals surface area contributed by atoms with Gasteiger partial charge in [0.05, 0.1) is 6.54 Å². The molecule has 2 unspecified atom stereocenters. The van der Waals surface area contributed by atoms with Gasteiger partial charge in [-0.25, -0.2) is 0 Å². The van der Waals surface area contributed by atoms with Crippen LogP contribution in [-0.4, -0.2) is 55.2 Å². The SMILES string of the molecule is CNC1CC(CCCO)CN(CC(N)=O)C1. The normalized spacial score (nSPS) is 26.9. The second-order valence-corrected chi connectivity index (χ2v) is 4.61. The van der Waals surface area contributed by atoms with Crippen molar-refractivity contribution in [3.63, 3.8) is 0 Å². The zero-order valence-electron chi connectivity index (χ0n) is 9.98. The number of rotatable bonds is 6. The standard InChI is InChI=1S/C11H23N3O2/c1-13-10-5-9(3-2-4-15)6-14(7-10)8-11(12)16/h9-10,13,15H,2-8H2,1H3,(H2,12,16).